The Labute approximate surface area is 103 Å². The monoisotopic (exact) mass is 235 g/mol. The fraction of sp³-hybridized carbons (Fsp3) is 0.462. The molecule has 1 rings (SSSR count). The number of nitrogens with zero attached hydrogens (tertiary/aromatic N) is 1. The van der Waals surface area contributed by atoms with E-state index in [9.17, 15) is 0 Å². The first kappa shape index (κ1) is 13.5. The standard InChI is InChI=1S/C13H21N3O/c1-11(12-5-3-2-4-6-12)7-9-15-10-8-13(14)16-17/h2-6,11,15,17H,7-10H2,1H3,(H2,14,16). The zero-order valence-corrected chi connectivity index (χ0v) is 10.3. The first-order valence-electron chi connectivity index (χ1n) is 5.96. The summed E-state index contributed by atoms with van der Waals surface area (Å²) in [7, 11) is 0. The molecule has 0 saturated heterocycles. The molecule has 0 fully saturated rings. The summed E-state index contributed by atoms with van der Waals surface area (Å²) in [6.07, 6.45) is 1.66. The Morgan fingerprint density at radius 1 is 1.35 bits per heavy atom. The number of hydrogen-bond donors (Lipinski definition) is 3. The highest BCUT2D eigenvalue weighted by Gasteiger charge is 2.03. The predicted molar refractivity (Wildman–Crippen MR) is 70.4 cm³/mol. The van der Waals surface area contributed by atoms with E-state index >= 15 is 0 Å². The summed E-state index contributed by atoms with van der Waals surface area (Å²) in [6.45, 7) is 3.91. The highest BCUT2D eigenvalue weighted by molar-refractivity contribution is 5.79. The van der Waals surface area contributed by atoms with Crippen molar-refractivity contribution in [3.63, 3.8) is 0 Å². The molecule has 0 aliphatic rings. The largest absolute Gasteiger partial charge is 0.409 e. The van der Waals surface area contributed by atoms with Gasteiger partial charge in [-0.2, -0.15) is 0 Å². The van der Waals surface area contributed by atoms with Crippen molar-refractivity contribution in [1.82, 2.24) is 5.32 Å². The number of nitrogens with one attached hydrogen (secondary N) is 1. The molecule has 1 aromatic rings. The molecule has 0 saturated carbocycles. The van der Waals surface area contributed by atoms with Crippen molar-refractivity contribution in [2.45, 2.75) is 25.7 Å². The topological polar surface area (TPSA) is 70.6 Å². The van der Waals surface area contributed by atoms with Crippen LogP contribution in [0.1, 0.15) is 31.2 Å². The van der Waals surface area contributed by atoms with Gasteiger partial charge in [0.15, 0.2) is 0 Å². The summed E-state index contributed by atoms with van der Waals surface area (Å²) in [5, 5.41) is 14.6. The van der Waals surface area contributed by atoms with E-state index in [4.69, 9.17) is 10.9 Å². The maximum Gasteiger partial charge on any atom is 0.140 e. The van der Waals surface area contributed by atoms with E-state index in [1.54, 1.807) is 0 Å². The molecule has 0 spiro atoms. The number of benzene rings is 1. The van der Waals surface area contributed by atoms with E-state index < -0.39 is 0 Å². The van der Waals surface area contributed by atoms with Crippen molar-refractivity contribution in [1.29, 1.82) is 0 Å². The van der Waals surface area contributed by atoms with Gasteiger partial charge in [-0.05, 0) is 24.4 Å². The zero-order valence-electron chi connectivity index (χ0n) is 10.3. The Bertz CT molecular complexity index is 338. The van der Waals surface area contributed by atoms with Crippen LogP contribution in [-0.2, 0) is 0 Å². The molecular weight excluding hydrogens is 214 g/mol. The van der Waals surface area contributed by atoms with Crippen molar-refractivity contribution in [2.75, 3.05) is 13.1 Å². The molecule has 4 nitrogen and oxygen atoms in total. The lowest BCUT2D eigenvalue weighted by Crippen LogP contribution is -2.23. The van der Waals surface area contributed by atoms with Gasteiger partial charge < -0.3 is 16.3 Å². The molecule has 4 N–H and O–H groups in total. The van der Waals surface area contributed by atoms with Crippen molar-refractivity contribution in [2.24, 2.45) is 10.9 Å². The van der Waals surface area contributed by atoms with Crippen molar-refractivity contribution in [3.8, 4) is 0 Å². The summed E-state index contributed by atoms with van der Waals surface area (Å²) in [5.74, 6) is 0.821. The SMILES string of the molecule is CC(CCNCC/C(N)=N/O)c1ccccc1. The summed E-state index contributed by atoms with van der Waals surface area (Å²) >= 11 is 0. The number of oxime groups is 1. The molecule has 0 heterocycles. The number of hydrogen-bond acceptors (Lipinski definition) is 3. The normalized spacial score (nSPS) is 13.6. The fourth-order valence-corrected chi connectivity index (χ4v) is 1.66. The lowest BCUT2D eigenvalue weighted by molar-refractivity contribution is 0.316. The van der Waals surface area contributed by atoms with E-state index in [1.165, 1.54) is 5.56 Å². The third kappa shape index (κ3) is 5.36. The molecule has 1 unspecified atom stereocenters. The Kier molecular flexibility index (Phi) is 6.10. The van der Waals surface area contributed by atoms with Gasteiger partial charge in [-0.25, -0.2) is 0 Å². The van der Waals surface area contributed by atoms with Crippen LogP contribution in [0.5, 0.6) is 0 Å². The molecule has 0 aromatic heterocycles. The van der Waals surface area contributed by atoms with Crippen LogP contribution in [0, 0.1) is 0 Å². The van der Waals surface area contributed by atoms with Gasteiger partial charge in [-0.1, -0.05) is 42.4 Å². The highest BCUT2D eigenvalue weighted by Crippen LogP contribution is 2.17. The minimum Gasteiger partial charge on any atom is -0.409 e. The van der Waals surface area contributed by atoms with Crippen LogP contribution in [0.4, 0.5) is 0 Å². The van der Waals surface area contributed by atoms with Crippen LogP contribution >= 0.6 is 0 Å². The van der Waals surface area contributed by atoms with Gasteiger partial charge in [0, 0.05) is 13.0 Å². The fourth-order valence-electron chi connectivity index (χ4n) is 1.66. The van der Waals surface area contributed by atoms with Gasteiger partial charge in [-0.15, -0.1) is 0 Å². The summed E-state index contributed by atoms with van der Waals surface area (Å²) in [4.78, 5) is 0. The number of nitrogens with two attached hydrogens (primary N) is 1. The summed E-state index contributed by atoms with van der Waals surface area (Å²) < 4.78 is 0. The lowest BCUT2D eigenvalue weighted by Gasteiger charge is -2.12. The first-order chi connectivity index (χ1) is 8.24. The van der Waals surface area contributed by atoms with Gasteiger partial charge in [-0.3, -0.25) is 0 Å². The minimum absolute atomic E-state index is 0.272. The van der Waals surface area contributed by atoms with Crippen molar-refractivity contribution in [3.05, 3.63) is 35.9 Å². The van der Waals surface area contributed by atoms with Crippen LogP contribution in [0.25, 0.3) is 0 Å². The molecule has 4 heteroatoms. The van der Waals surface area contributed by atoms with E-state index in [0.717, 1.165) is 19.5 Å². The minimum atomic E-state index is 0.272. The predicted octanol–water partition coefficient (Wildman–Crippen LogP) is 1.91. The Morgan fingerprint density at radius 3 is 2.71 bits per heavy atom. The second-order valence-corrected chi connectivity index (χ2v) is 4.19. The van der Waals surface area contributed by atoms with Crippen LogP contribution in [0.2, 0.25) is 0 Å². The Hall–Kier alpha value is -1.55. The van der Waals surface area contributed by atoms with E-state index in [0.29, 0.717) is 12.3 Å². The number of rotatable bonds is 7. The molecule has 0 aliphatic heterocycles. The smallest absolute Gasteiger partial charge is 0.140 e. The molecule has 0 radical (unpaired) electrons. The Morgan fingerprint density at radius 2 is 2.06 bits per heavy atom. The molecular formula is C13H21N3O. The zero-order chi connectivity index (χ0) is 12.5. The van der Waals surface area contributed by atoms with Crippen LogP contribution in [-0.4, -0.2) is 24.1 Å². The molecule has 1 aromatic carbocycles. The Balaban J connectivity index is 2.15. The maximum atomic E-state index is 8.36. The highest BCUT2D eigenvalue weighted by atomic mass is 16.4. The van der Waals surface area contributed by atoms with Crippen LogP contribution in [0.15, 0.2) is 35.5 Å². The maximum absolute atomic E-state index is 8.36. The van der Waals surface area contributed by atoms with Crippen LogP contribution < -0.4 is 11.1 Å². The lowest BCUT2D eigenvalue weighted by atomic mass is 9.98. The second-order valence-electron chi connectivity index (χ2n) is 4.19. The van der Waals surface area contributed by atoms with Gasteiger partial charge in [0.25, 0.3) is 0 Å². The molecule has 0 bridgehead atoms. The second kappa shape index (κ2) is 7.68. The van der Waals surface area contributed by atoms with E-state index in [2.05, 4.69) is 41.7 Å². The summed E-state index contributed by atoms with van der Waals surface area (Å²) in [6, 6.07) is 10.5. The van der Waals surface area contributed by atoms with Gasteiger partial charge in [0.05, 0.1) is 0 Å². The van der Waals surface area contributed by atoms with Gasteiger partial charge in [0.1, 0.15) is 5.84 Å². The molecule has 17 heavy (non-hydrogen) atoms. The third-order valence-corrected chi connectivity index (χ3v) is 2.81. The van der Waals surface area contributed by atoms with Crippen molar-refractivity contribution < 1.29 is 5.21 Å². The quantitative estimate of drug-likeness (QED) is 0.222. The van der Waals surface area contributed by atoms with Gasteiger partial charge in [0.2, 0.25) is 0 Å². The average Bonchev–Trinajstić information content (AvgIpc) is 2.38. The molecule has 94 valence electrons. The van der Waals surface area contributed by atoms with Crippen LogP contribution in [0.3, 0.4) is 0 Å². The van der Waals surface area contributed by atoms with E-state index in [-0.39, 0.29) is 5.84 Å². The molecule has 0 amide bonds. The van der Waals surface area contributed by atoms with Crippen molar-refractivity contribution >= 4 is 5.84 Å². The third-order valence-electron chi connectivity index (χ3n) is 2.81. The first-order valence-corrected chi connectivity index (χ1v) is 5.96. The average molecular weight is 235 g/mol. The van der Waals surface area contributed by atoms with Gasteiger partial charge >= 0.3 is 0 Å². The number of amidine groups is 1. The van der Waals surface area contributed by atoms with E-state index in [1.807, 2.05) is 6.07 Å². The summed E-state index contributed by atoms with van der Waals surface area (Å²) in [5.41, 5.74) is 6.73. The molecule has 1 atom stereocenters. The molecule has 0 aliphatic carbocycles.